The molecular formula is C25H22Cl2FN7O2. The van der Waals surface area contributed by atoms with E-state index in [2.05, 4.69) is 20.4 Å². The molecule has 0 amide bonds. The first kappa shape index (κ1) is 23.9. The highest BCUT2D eigenvalue weighted by molar-refractivity contribution is 6.32. The fourth-order valence-electron chi connectivity index (χ4n) is 5.06. The van der Waals surface area contributed by atoms with E-state index in [0.717, 1.165) is 15.5 Å². The highest BCUT2D eigenvalue weighted by Crippen LogP contribution is 2.36. The number of H-pyrrole nitrogens is 1. The Balaban J connectivity index is 1.51. The number of aromatic amines is 1. The van der Waals surface area contributed by atoms with Gasteiger partial charge in [-0.05, 0) is 67.4 Å². The van der Waals surface area contributed by atoms with Crippen LogP contribution in [0.25, 0.3) is 27.7 Å². The number of hydrogen-bond acceptors (Lipinski definition) is 5. The number of nitrogens with one attached hydrogen (secondary N) is 2. The van der Waals surface area contributed by atoms with Gasteiger partial charge in [-0.15, -0.1) is 5.10 Å². The average molecular weight is 542 g/mol. The Morgan fingerprint density at radius 2 is 1.92 bits per heavy atom. The van der Waals surface area contributed by atoms with E-state index in [1.165, 1.54) is 12.3 Å². The van der Waals surface area contributed by atoms with Crippen LogP contribution in [0.2, 0.25) is 10.3 Å². The highest BCUT2D eigenvalue weighted by atomic mass is 35.5. The second-order valence-corrected chi connectivity index (χ2v) is 10.1. The minimum atomic E-state index is -1.33. The summed E-state index contributed by atoms with van der Waals surface area (Å²) in [6.07, 6.45) is 5.73. The third-order valence-corrected chi connectivity index (χ3v) is 7.19. The van der Waals surface area contributed by atoms with Gasteiger partial charge < -0.3 is 14.9 Å². The molecular weight excluding hydrogens is 520 g/mol. The van der Waals surface area contributed by atoms with Gasteiger partial charge in [-0.25, -0.2) is 18.7 Å². The topological polar surface area (TPSA) is 102 Å². The standard InChI is InChI=1S/C25H22Cl2FN7O2/c26-17-10-16-2-8-33(14-25(28)3-6-29-7-4-25)22(16)18(11-17)21-19-9-15(13-35(19)32-23(27)31-21)12-34-20(36)1-5-30-24(34)37/h1-2,5,8-11,13,29H,3-4,6-7,12,14H2,(H,30,37). The summed E-state index contributed by atoms with van der Waals surface area (Å²) in [7, 11) is 0. The number of fused-ring (bicyclic) bond motifs is 2. The maximum absolute atomic E-state index is 15.7. The lowest BCUT2D eigenvalue weighted by Crippen LogP contribution is -2.41. The third-order valence-electron chi connectivity index (χ3n) is 6.81. The lowest BCUT2D eigenvalue weighted by atomic mass is 9.94. The minimum absolute atomic E-state index is 0.00548. The molecule has 5 heterocycles. The molecule has 1 saturated heterocycles. The van der Waals surface area contributed by atoms with Crippen molar-refractivity contribution in [1.82, 2.24) is 34.0 Å². The fraction of sp³-hybridized carbons (Fsp3) is 0.280. The van der Waals surface area contributed by atoms with Gasteiger partial charge >= 0.3 is 5.69 Å². The molecule has 1 fully saturated rings. The summed E-state index contributed by atoms with van der Waals surface area (Å²) in [5.41, 5.74) is 0.969. The van der Waals surface area contributed by atoms with Crippen LogP contribution in [-0.4, -0.2) is 47.5 Å². The normalized spacial score (nSPS) is 15.5. The Labute approximate surface area is 219 Å². The maximum Gasteiger partial charge on any atom is 0.328 e. The Morgan fingerprint density at radius 1 is 1.11 bits per heavy atom. The summed E-state index contributed by atoms with van der Waals surface area (Å²) >= 11 is 12.8. The molecule has 9 nitrogen and oxygen atoms in total. The first-order valence-corrected chi connectivity index (χ1v) is 12.6. The molecule has 12 heteroatoms. The zero-order chi connectivity index (χ0) is 25.7. The van der Waals surface area contributed by atoms with Crippen LogP contribution in [0.15, 0.2) is 58.5 Å². The number of aromatic nitrogens is 6. The molecule has 0 bridgehead atoms. The van der Waals surface area contributed by atoms with Gasteiger partial charge in [0.05, 0.1) is 24.1 Å². The number of rotatable bonds is 5. The third kappa shape index (κ3) is 4.45. The Kier molecular flexibility index (Phi) is 5.89. The summed E-state index contributed by atoms with van der Waals surface area (Å²) in [5, 5.41) is 8.84. The molecule has 0 atom stereocenters. The molecule has 0 spiro atoms. The predicted molar refractivity (Wildman–Crippen MR) is 140 cm³/mol. The number of halogens is 3. The summed E-state index contributed by atoms with van der Waals surface area (Å²) in [4.78, 5) is 31.4. The number of piperidine rings is 1. The molecule has 1 aliphatic heterocycles. The molecule has 6 rings (SSSR count). The summed E-state index contributed by atoms with van der Waals surface area (Å²) in [6, 6.07) is 8.62. The van der Waals surface area contributed by atoms with Gasteiger partial charge in [0.2, 0.25) is 5.28 Å². The Morgan fingerprint density at radius 3 is 2.70 bits per heavy atom. The number of nitrogens with zero attached hydrogens (tertiary/aromatic N) is 5. The molecule has 0 unspecified atom stereocenters. The molecule has 37 heavy (non-hydrogen) atoms. The van der Waals surface area contributed by atoms with E-state index in [4.69, 9.17) is 23.2 Å². The quantitative estimate of drug-likeness (QED) is 0.353. The van der Waals surface area contributed by atoms with Gasteiger partial charge in [-0.1, -0.05) is 11.6 Å². The first-order chi connectivity index (χ1) is 17.8. The van der Waals surface area contributed by atoms with Crippen LogP contribution in [0, 0.1) is 0 Å². The predicted octanol–water partition coefficient (Wildman–Crippen LogP) is 3.65. The van der Waals surface area contributed by atoms with E-state index < -0.39 is 16.9 Å². The van der Waals surface area contributed by atoms with E-state index in [-0.39, 0.29) is 18.4 Å². The van der Waals surface area contributed by atoms with Crippen molar-refractivity contribution < 1.29 is 4.39 Å². The van der Waals surface area contributed by atoms with Gasteiger partial charge in [-0.3, -0.25) is 9.36 Å². The molecule has 2 N–H and O–H groups in total. The summed E-state index contributed by atoms with van der Waals surface area (Å²) in [6.45, 7) is 1.51. The summed E-state index contributed by atoms with van der Waals surface area (Å²) in [5.74, 6) is 0. The molecule has 190 valence electrons. The van der Waals surface area contributed by atoms with Crippen LogP contribution in [0.1, 0.15) is 18.4 Å². The number of hydrogen-bond donors (Lipinski definition) is 2. The smallest absolute Gasteiger partial charge is 0.328 e. The van der Waals surface area contributed by atoms with Crippen LogP contribution < -0.4 is 16.6 Å². The first-order valence-electron chi connectivity index (χ1n) is 11.8. The molecule has 0 aliphatic carbocycles. The molecule has 1 aliphatic rings. The second kappa shape index (κ2) is 9.13. The Hall–Kier alpha value is -3.47. The van der Waals surface area contributed by atoms with Crippen molar-refractivity contribution in [2.24, 2.45) is 0 Å². The monoisotopic (exact) mass is 541 g/mol. The van der Waals surface area contributed by atoms with E-state index in [0.29, 0.717) is 53.3 Å². The van der Waals surface area contributed by atoms with Crippen molar-refractivity contribution in [3.05, 3.63) is 85.6 Å². The minimum Gasteiger partial charge on any atom is -0.344 e. The van der Waals surface area contributed by atoms with Crippen molar-refractivity contribution in [3.63, 3.8) is 0 Å². The maximum atomic E-state index is 15.7. The number of alkyl halides is 1. The van der Waals surface area contributed by atoms with E-state index in [1.807, 2.05) is 22.9 Å². The lowest BCUT2D eigenvalue weighted by molar-refractivity contribution is 0.0955. The van der Waals surface area contributed by atoms with Crippen molar-refractivity contribution in [3.8, 4) is 11.3 Å². The van der Waals surface area contributed by atoms with Crippen molar-refractivity contribution in [2.75, 3.05) is 13.1 Å². The molecule has 0 radical (unpaired) electrons. The van der Waals surface area contributed by atoms with Crippen LogP contribution in [-0.2, 0) is 13.1 Å². The van der Waals surface area contributed by atoms with Crippen LogP contribution >= 0.6 is 23.2 Å². The Bertz CT molecular complexity index is 1740. The zero-order valence-corrected chi connectivity index (χ0v) is 21.1. The summed E-state index contributed by atoms with van der Waals surface area (Å²) < 4.78 is 20.2. The van der Waals surface area contributed by atoms with Crippen molar-refractivity contribution in [1.29, 1.82) is 0 Å². The van der Waals surface area contributed by atoms with E-state index in [9.17, 15) is 9.59 Å². The molecule has 0 saturated carbocycles. The highest BCUT2D eigenvalue weighted by Gasteiger charge is 2.32. The fourth-order valence-corrected chi connectivity index (χ4v) is 5.45. The molecule has 5 aromatic rings. The largest absolute Gasteiger partial charge is 0.344 e. The van der Waals surface area contributed by atoms with Gasteiger partial charge in [0.25, 0.3) is 5.56 Å². The van der Waals surface area contributed by atoms with Gasteiger partial charge in [0, 0.05) is 40.6 Å². The SMILES string of the molecule is O=c1cc[nH]c(=O)n1Cc1cc2c(-c3cc(Cl)cc4ccn(CC5(F)CCNCC5)c34)nc(Cl)nn2c1. The van der Waals surface area contributed by atoms with E-state index >= 15 is 4.39 Å². The lowest BCUT2D eigenvalue weighted by Gasteiger charge is -2.30. The number of benzene rings is 1. The molecule has 1 aromatic carbocycles. The van der Waals surface area contributed by atoms with Gasteiger partial charge in [0.15, 0.2) is 0 Å². The van der Waals surface area contributed by atoms with Gasteiger partial charge in [0.1, 0.15) is 11.4 Å². The second-order valence-electron chi connectivity index (χ2n) is 9.35. The van der Waals surface area contributed by atoms with E-state index in [1.54, 1.807) is 22.8 Å². The van der Waals surface area contributed by atoms with Crippen LogP contribution in [0.5, 0.6) is 0 Å². The van der Waals surface area contributed by atoms with Gasteiger partial charge in [-0.2, -0.15) is 0 Å². The van der Waals surface area contributed by atoms with Crippen molar-refractivity contribution >= 4 is 39.6 Å². The van der Waals surface area contributed by atoms with Crippen molar-refractivity contribution in [2.45, 2.75) is 31.6 Å². The zero-order valence-electron chi connectivity index (χ0n) is 19.5. The molecule has 4 aromatic heterocycles. The van der Waals surface area contributed by atoms with Crippen LogP contribution in [0.4, 0.5) is 4.39 Å². The van der Waals surface area contributed by atoms with Crippen LogP contribution in [0.3, 0.4) is 0 Å². The average Bonchev–Trinajstić information content (AvgIpc) is 3.44.